The standard InChI is InChI=1S/C19H21NO2/c1-2-6-18-16(5-1)17-14-15(7-8-19(17)22-18)4-3-9-20-10-12-21-13-11-20/h1-2,5-8,14H,3-4,9-13H2. The molecule has 2 heterocycles. The Morgan fingerprint density at radius 3 is 2.64 bits per heavy atom. The van der Waals surface area contributed by atoms with Gasteiger partial charge >= 0.3 is 0 Å². The molecule has 4 rings (SSSR count). The zero-order valence-corrected chi connectivity index (χ0v) is 12.8. The number of hydrogen-bond acceptors (Lipinski definition) is 3. The fraction of sp³-hybridized carbons (Fsp3) is 0.368. The van der Waals surface area contributed by atoms with Crippen molar-refractivity contribution in [3.8, 4) is 0 Å². The predicted molar refractivity (Wildman–Crippen MR) is 89.3 cm³/mol. The van der Waals surface area contributed by atoms with Gasteiger partial charge in [0.15, 0.2) is 0 Å². The number of para-hydroxylation sites is 1. The van der Waals surface area contributed by atoms with Crippen LogP contribution < -0.4 is 0 Å². The first kappa shape index (κ1) is 13.8. The molecule has 0 bridgehead atoms. The van der Waals surface area contributed by atoms with Crippen LogP contribution in [0.5, 0.6) is 0 Å². The van der Waals surface area contributed by atoms with Gasteiger partial charge in [0.2, 0.25) is 0 Å². The minimum Gasteiger partial charge on any atom is -0.456 e. The number of nitrogens with zero attached hydrogens (tertiary/aromatic N) is 1. The number of aryl methyl sites for hydroxylation is 1. The third kappa shape index (κ3) is 2.74. The van der Waals surface area contributed by atoms with Gasteiger partial charge < -0.3 is 9.15 Å². The highest BCUT2D eigenvalue weighted by Gasteiger charge is 2.10. The Kier molecular flexibility index (Phi) is 3.83. The van der Waals surface area contributed by atoms with Crippen molar-refractivity contribution < 1.29 is 9.15 Å². The molecule has 0 atom stereocenters. The topological polar surface area (TPSA) is 25.6 Å². The predicted octanol–water partition coefficient (Wildman–Crippen LogP) is 3.85. The third-order valence-electron chi connectivity index (χ3n) is 4.48. The molecule has 1 saturated heterocycles. The molecule has 114 valence electrons. The molecule has 0 saturated carbocycles. The van der Waals surface area contributed by atoms with Gasteiger partial charge in [-0.25, -0.2) is 0 Å². The van der Waals surface area contributed by atoms with E-state index in [0.717, 1.165) is 50.4 Å². The van der Waals surface area contributed by atoms with Crippen LogP contribution in [0.4, 0.5) is 0 Å². The van der Waals surface area contributed by atoms with Gasteiger partial charge in [0.1, 0.15) is 11.2 Å². The van der Waals surface area contributed by atoms with E-state index in [-0.39, 0.29) is 0 Å². The summed E-state index contributed by atoms with van der Waals surface area (Å²) in [4.78, 5) is 2.50. The largest absolute Gasteiger partial charge is 0.456 e. The zero-order chi connectivity index (χ0) is 14.8. The van der Waals surface area contributed by atoms with Crippen LogP contribution in [0, 0.1) is 0 Å². The van der Waals surface area contributed by atoms with Gasteiger partial charge in [0, 0.05) is 23.9 Å². The Bertz CT molecular complexity index is 771. The van der Waals surface area contributed by atoms with Crippen molar-refractivity contribution in [2.24, 2.45) is 0 Å². The van der Waals surface area contributed by atoms with Gasteiger partial charge in [0.05, 0.1) is 13.2 Å². The van der Waals surface area contributed by atoms with Crippen LogP contribution in [0.25, 0.3) is 21.9 Å². The van der Waals surface area contributed by atoms with Gasteiger partial charge in [-0.05, 0) is 43.1 Å². The van der Waals surface area contributed by atoms with E-state index in [1.54, 1.807) is 0 Å². The minimum atomic E-state index is 0.882. The van der Waals surface area contributed by atoms with Crippen molar-refractivity contribution in [3.05, 3.63) is 48.0 Å². The maximum Gasteiger partial charge on any atom is 0.135 e. The molecule has 0 spiro atoms. The summed E-state index contributed by atoms with van der Waals surface area (Å²) in [5, 5.41) is 2.45. The number of fused-ring (bicyclic) bond motifs is 3. The summed E-state index contributed by atoms with van der Waals surface area (Å²) in [6.07, 6.45) is 2.31. The minimum absolute atomic E-state index is 0.882. The summed E-state index contributed by atoms with van der Waals surface area (Å²) < 4.78 is 11.3. The smallest absolute Gasteiger partial charge is 0.135 e. The van der Waals surface area contributed by atoms with E-state index in [1.807, 2.05) is 12.1 Å². The molecular weight excluding hydrogens is 274 g/mol. The molecular formula is C19H21NO2. The number of rotatable bonds is 4. The Morgan fingerprint density at radius 2 is 1.73 bits per heavy atom. The Morgan fingerprint density at radius 1 is 0.909 bits per heavy atom. The number of benzene rings is 2. The normalized spacial score (nSPS) is 16.5. The Labute approximate surface area is 130 Å². The molecule has 22 heavy (non-hydrogen) atoms. The zero-order valence-electron chi connectivity index (χ0n) is 12.8. The van der Waals surface area contributed by atoms with Crippen LogP contribution in [-0.2, 0) is 11.2 Å². The monoisotopic (exact) mass is 295 g/mol. The van der Waals surface area contributed by atoms with E-state index >= 15 is 0 Å². The lowest BCUT2D eigenvalue weighted by Gasteiger charge is -2.26. The molecule has 1 fully saturated rings. The van der Waals surface area contributed by atoms with Crippen LogP contribution in [0.15, 0.2) is 46.9 Å². The van der Waals surface area contributed by atoms with E-state index in [1.165, 1.54) is 22.8 Å². The summed E-state index contributed by atoms with van der Waals surface area (Å²) in [5.41, 5.74) is 3.36. The maximum atomic E-state index is 5.88. The highest BCUT2D eigenvalue weighted by atomic mass is 16.5. The van der Waals surface area contributed by atoms with Crippen molar-refractivity contribution in [3.63, 3.8) is 0 Å². The molecule has 1 aliphatic rings. The van der Waals surface area contributed by atoms with Crippen molar-refractivity contribution in [1.29, 1.82) is 0 Å². The molecule has 0 amide bonds. The molecule has 3 aromatic rings. The van der Waals surface area contributed by atoms with E-state index in [9.17, 15) is 0 Å². The molecule has 2 aromatic carbocycles. The van der Waals surface area contributed by atoms with Gasteiger partial charge in [-0.3, -0.25) is 4.90 Å². The molecule has 1 aliphatic heterocycles. The van der Waals surface area contributed by atoms with E-state index in [4.69, 9.17) is 9.15 Å². The second kappa shape index (κ2) is 6.11. The van der Waals surface area contributed by atoms with Crippen molar-refractivity contribution in [2.75, 3.05) is 32.8 Å². The fourth-order valence-electron chi connectivity index (χ4n) is 3.26. The van der Waals surface area contributed by atoms with Gasteiger partial charge in [-0.1, -0.05) is 24.3 Å². The average molecular weight is 295 g/mol. The molecule has 3 nitrogen and oxygen atoms in total. The number of hydrogen-bond donors (Lipinski definition) is 0. The Balaban J connectivity index is 1.48. The average Bonchev–Trinajstić information content (AvgIpc) is 2.94. The summed E-state index contributed by atoms with van der Waals surface area (Å²) in [6, 6.07) is 14.9. The first-order valence-corrected chi connectivity index (χ1v) is 8.10. The molecule has 1 aromatic heterocycles. The lowest BCUT2D eigenvalue weighted by Crippen LogP contribution is -2.36. The molecule has 3 heteroatoms. The number of furan rings is 1. The SMILES string of the molecule is c1ccc2c(c1)oc1ccc(CCCN3CCOCC3)cc12. The van der Waals surface area contributed by atoms with Crippen LogP contribution in [0.2, 0.25) is 0 Å². The van der Waals surface area contributed by atoms with Crippen molar-refractivity contribution in [1.82, 2.24) is 4.90 Å². The van der Waals surface area contributed by atoms with Gasteiger partial charge in [-0.15, -0.1) is 0 Å². The summed E-state index contributed by atoms with van der Waals surface area (Å²) in [5.74, 6) is 0. The van der Waals surface area contributed by atoms with E-state index < -0.39 is 0 Å². The Hall–Kier alpha value is -1.84. The van der Waals surface area contributed by atoms with Crippen LogP contribution in [-0.4, -0.2) is 37.7 Å². The second-order valence-electron chi connectivity index (χ2n) is 5.99. The first-order valence-electron chi connectivity index (χ1n) is 8.10. The lowest BCUT2D eigenvalue weighted by molar-refractivity contribution is 0.0375. The van der Waals surface area contributed by atoms with E-state index in [0.29, 0.717) is 0 Å². The van der Waals surface area contributed by atoms with Crippen molar-refractivity contribution >= 4 is 21.9 Å². The molecule has 0 aliphatic carbocycles. The molecule has 0 unspecified atom stereocenters. The lowest BCUT2D eigenvalue weighted by atomic mass is 10.1. The highest BCUT2D eigenvalue weighted by molar-refractivity contribution is 6.04. The maximum absolute atomic E-state index is 5.88. The summed E-state index contributed by atoms with van der Waals surface area (Å²) in [6.45, 7) is 5.07. The second-order valence-corrected chi connectivity index (χ2v) is 5.99. The first-order chi connectivity index (χ1) is 10.9. The molecule has 0 N–H and O–H groups in total. The van der Waals surface area contributed by atoms with Crippen LogP contribution in [0.1, 0.15) is 12.0 Å². The third-order valence-corrected chi connectivity index (χ3v) is 4.48. The number of morpholine rings is 1. The number of ether oxygens (including phenoxy) is 1. The van der Waals surface area contributed by atoms with Crippen LogP contribution >= 0.6 is 0 Å². The highest BCUT2D eigenvalue weighted by Crippen LogP contribution is 2.29. The van der Waals surface area contributed by atoms with Gasteiger partial charge in [-0.2, -0.15) is 0 Å². The summed E-state index contributed by atoms with van der Waals surface area (Å²) >= 11 is 0. The van der Waals surface area contributed by atoms with Crippen molar-refractivity contribution in [2.45, 2.75) is 12.8 Å². The quantitative estimate of drug-likeness (QED) is 0.731. The summed E-state index contributed by atoms with van der Waals surface area (Å²) in [7, 11) is 0. The van der Waals surface area contributed by atoms with E-state index in [2.05, 4.69) is 35.2 Å². The molecule has 0 radical (unpaired) electrons. The van der Waals surface area contributed by atoms with Gasteiger partial charge in [0.25, 0.3) is 0 Å². The fourth-order valence-corrected chi connectivity index (χ4v) is 3.26. The van der Waals surface area contributed by atoms with Crippen LogP contribution in [0.3, 0.4) is 0 Å².